The summed E-state index contributed by atoms with van der Waals surface area (Å²) in [6.07, 6.45) is 0. The number of primary amides is 1. The molecule has 1 rings (SSSR count). The summed E-state index contributed by atoms with van der Waals surface area (Å²) in [6, 6.07) is 7.57. The Morgan fingerprint density at radius 3 is 2.65 bits per heavy atom. The first-order valence-corrected chi connectivity index (χ1v) is 5.41. The van der Waals surface area contributed by atoms with Crippen molar-refractivity contribution in [3.05, 3.63) is 34.9 Å². The molecule has 0 aliphatic rings. The second-order valence-electron chi connectivity index (χ2n) is 4.60. The van der Waals surface area contributed by atoms with E-state index in [9.17, 15) is 4.79 Å². The highest BCUT2D eigenvalue weighted by Gasteiger charge is 2.23. The van der Waals surface area contributed by atoms with Gasteiger partial charge >= 0.3 is 0 Å². The van der Waals surface area contributed by atoms with Crippen LogP contribution in [0.4, 0.5) is 0 Å². The van der Waals surface area contributed by atoms with E-state index in [1.807, 2.05) is 19.1 Å². The van der Waals surface area contributed by atoms with E-state index in [0.717, 1.165) is 11.1 Å². The van der Waals surface area contributed by atoms with Crippen molar-refractivity contribution in [1.82, 2.24) is 5.32 Å². The minimum Gasteiger partial charge on any atom is -0.368 e. The van der Waals surface area contributed by atoms with Gasteiger partial charge in [0.25, 0.3) is 0 Å². The summed E-state index contributed by atoms with van der Waals surface area (Å²) in [5.74, 6) is -0.385. The number of rotatable bonds is 4. The summed E-state index contributed by atoms with van der Waals surface area (Å²) >= 11 is 0. The highest BCUT2D eigenvalue weighted by molar-refractivity contribution is 5.83. The van der Waals surface area contributed by atoms with Crippen LogP contribution in [0.15, 0.2) is 18.2 Å². The fourth-order valence-electron chi connectivity index (χ4n) is 1.37. The van der Waals surface area contributed by atoms with Crippen LogP contribution in [0.3, 0.4) is 0 Å². The van der Waals surface area contributed by atoms with Crippen molar-refractivity contribution < 1.29 is 4.79 Å². The van der Waals surface area contributed by atoms with Crippen molar-refractivity contribution in [3.63, 3.8) is 0 Å². The zero-order valence-electron chi connectivity index (χ0n) is 10.4. The van der Waals surface area contributed by atoms with Crippen LogP contribution in [-0.2, 0) is 11.3 Å². The van der Waals surface area contributed by atoms with Crippen LogP contribution in [0.2, 0.25) is 0 Å². The molecule has 0 radical (unpaired) electrons. The Hall–Kier alpha value is -1.86. The Balaban J connectivity index is 2.78. The average molecular weight is 231 g/mol. The number of hydrogen-bond acceptors (Lipinski definition) is 3. The van der Waals surface area contributed by atoms with E-state index in [1.165, 1.54) is 0 Å². The van der Waals surface area contributed by atoms with E-state index in [2.05, 4.69) is 11.4 Å². The van der Waals surface area contributed by atoms with Gasteiger partial charge in [-0.05, 0) is 44.0 Å². The third kappa shape index (κ3) is 3.30. The third-order valence-electron chi connectivity index (χ3n) is 2.81. The van der Waals surface area contributed by atoms with Crippen LogP contribution < -0.4 is 11.1 Å². The van der Waals surface area contributed by atoms with E-state index < -0.39 is 5.54 Å². The molecule has 17 heavy (non-hydrogen) atoms. The predicted molar refractivity (Wildman–Crippen MR) is 66.0 cm³/mol. The lowest BCUT2D eigenvalue weighted by atomic mass is 10.0. The van der Waals surface area contributed by atoms with Crippen LogP contribution in [0, 0.1) is 18.3 Å². The number of aryl methyl sites for hydroxylation is 1. The second kappa shape index (κ2) is 4.98. The quantitative estimate of drug-likeness (QED) is 0.817. The maximum absolute atomic E-state index is 11.1. The second-order valence-corrected chi connectivity index (χ2v) is 4.60. The molecule has 0 aliphatic heterocycles. The van der Waals surface area contributed by atoms with Gasteiger partial charge in [0.05, 0.1) is 17.2 Å². The van der Waals surface area contributed by atoms with Crippen molar-refractivity contribution in [2.45, 2.75) is 32.9 Å². The zero-order valence-corrected chi connectivity index (χ0v) is 10.4. The Morgan fingerprint density at radius 2 is 2.18 bits per heavy atom. The molecule has 3 N–H and O–H groups in total. The van der Waals surface area contributed by atoms with Gasteiger partial charge < -0.3 is 5.73 Å². The molecule has 0 saturated heterocycles. The monoisotopic (exact) mass is 231 g/mol. The number of carbonyl (C=O) groups excluding carboxylic acids is 1. The van der Waals surface area contributed by atoms with Crippen molar-refractivity contribution in [2.24, 2.45) is 5.73 Å². The molecule has 0 aliphatic carbocycles. The molecule has 0 bridgehead atoms. The molecule has 0 unspecified atom stereocenters. The topological polar surface area (TPSA) is 78.9 Å². The Bertz CT molecular complexity index is 472. The van der Waals surface area contributed by atoms with E-state index in [1.54, 1.807) is 19.9 Å². The van der Waals surface area contributed by atoms with Gasteiger partial charge in [-0.3, -0.25) is 10.1 Å². The smallest absolute Gasteiger partial charge is 0.237 e. The van der Waals surface area contributed by atoms with Gasteiger partial charge in [0.1, 0.15) is 0 Å². The third-order valence-corrected chi connectivity index (χ3v) is 2.81. The SMILES string of the molecule is Cc1cc(C#N)ccc1CNC(C)(C)C(N)=O. The van der Waals surface area contributed by atoms with Gasteiger partial charge in [0.2, 0.25) is 5.91 Å². The summed E-state index contributed by atoms with van der Waals surface area (Å²) in [4.78, 5) is 11.1. The summed E-state index contributed by atoms with van der Waals surface area (Å²) in [5.41, 5.74) is 7.26. The largest absolute Gasteiger partial charge is 0.368 e. The van der Waals surface area contributed by atoms with Crippen LogP contribution in [0.1, 0.15) is 30.5 Å². The number of hydrogen-bond donors (Lipinski definition) is 2. The van der Waals surface area contributed by atoms with Gasteiger partial charge in [-0.1, -0.05) is 6.07 Å². The van der Waals surface area contributed by atoms with Gasteiger partial charge in [-0.15, -0.1) is 0 Å². The molecule has 0 saturated carbocycles. The van der Waals surface area contributed by atoms with Crippen LogP contribution >= 0.6 is 0 Å². The van der Waals surface area contributed by atoms with E-state index in [4.69, 9.17) is 11.0 Å². The number of nitrogens with one attached hydrogen (secondary N) is 1. The molecule has 0 heterocycles. The normalized spacial score (nSPS) is 10.9. The Morgan fingerprint density at radius 1 is 1.53 bits per heavy atom. The first-order chi connectivity index (χ1) is 7.86. The minimum atomic E-state index is -0.736. The number of benzene rings is 1. The maximum atomic E-state index is 11.1. The average Bonchev–Trinajstić information content (AvgIpc) is 2.27. The van der Waals surface area contributed by atoms with Crippen LogP contribution in [0.25, 0.3) is 0 Å². The van der Waals surface area contributed by atoms with Crippen molar-refractivity contribution >= 4 is 5.91 Å². The molecular formula is C13H17N3O. The molecule has 90 valence electrons. The summed E-state index contributed by atoms with van der Waals surface area (Å²) < 4.78 is 0. The molecule has 4 heteroatoms. The van der Waals surface area contributed by atoms with Crippen LogP contribution in [0.5, 0.6) is 0 Å². The van der Waals surface area contributed by atoms with Gasteiger partial charge in [-0.2, -0.15) is 5.26 Å². The molecule has 0 fully saturated rings. The Kier molecular flexibility index (Phi) is 3.87. The first kappa shape index (κ1) is 13.2. The number of nitrogens with two attached hydrogens (primary N) is 1. The van der Waals surface area contributed by atoms with E-state index in [-0.39, 0.29) is 5.91 Å². The highest BCUT2D eigenvalue weighted by Crippen LogP contribution is 2.12. The molecule has 1 aromatic rings. The zero-order chi connectivity index (χ0) is 13.1. The van der Waals surface area contributed by atoms with E-state index in [0.29, 0.717) is 12.1 Å². The number of carbonyl (C=O) groups is 1. The van der Waals surface area contributed by atoms with Gasteiger partial charge in [0.15, 0.2) is 0 Å². The lowest BCUT2D eigenvalue weighted by molar-refractivity contribution is -0.123. The maximum Gasteiger partial charge on any atom is 0.237 e. The fraction of sp³-hybridized carbons (Fsp3) is 0.385. The predicted octanol–water partition coefficient (Wildman–Crippen LogP) is 1.22. The summed E-state index contributed by atoms with van der Waals surface area (Å²) in [6.45, 7) is 5.98. The molecule has 1 aromatic carbocycles. The molecule has 0 atom stereocenters. The lowest BCUT2D eigenvalue weighted by Gasteiger charge is -2.22. The fourth-order valence-corrected chi connectivity index (χ4v) is 1.37. The molecular weight excluding hydrogens is 214 g/mol. The van der Waals surface area contributed by atoms with Crippen molar-refractivity contribution in [2.75, 3.05) is 0 Å². The molecule has 0 spiro atoms. The molecule has 4 nitrogen and oxygen atoms in total. The van der Waals surface area contributed by atoms with Gasteiger partial charge in [0, 0.05) is 6.54 Å². The van der Waals surface area contributed by atoms with Gasteiger partial charge in [-0.25, -0.2) is 0 Å². The lowest BCUT2D eigenvalue weighted by Crippen LogP contribution is -2.50. The van der Waals surface area contributed by atoms with E-state index >= 15 is 0 Å². The standard InChI is InChI=1S/C13H17N3O/c1-9-6-10(7-14)4-5-11(9)8-16-13(2,3)12(15)17/h4-6,16H,8H2,1-3H3,(H2,15,17). The number of nitriles is 1. The first-order valence-electron chi connectivity index (χ1n) is 5.41. The summed E-state index contributed by atoms with van der Waals surface area (Å²) in [5, 5.41) is 11.9. The Labute approximate surface area is 101 Å². The number of nitrogens with zero attached hydrogens (tertiary/aromatic N) is 1. The summed E-state index contributed by atoms with van der Waals surface area (Å²) in [7, 11) is 0. The minimum absolute atomic E-state index is 0.385. The highest BCUT2D eigenvalue weighted by atomic mass is 16.1. The molecule has 1 amide bonds. The molecule has 0 aromatic heterocycles. The number of amides is 1. The van der Waals surface area contributed by atoms with Crippen LogP contribution in [-0.4, -0.2) is 11.4 Å². The van der Waals surface area contributed by atoms with Crippen molar-refractivity contribution in [3.8, 4) is 6.07 Å². The van der Waals surface area contributed by atoms with Crippen molar-refractivity contribution in [1.29, 1.82) is 5.26 Å².